The highest BCUT2D eigenvalue weighted by atomic mass is 32.1. The van der Waals surface area contributed by atoms with Gasteiger partial charge in [0.25, 0.3) is 0 Å². The number of morpholine rings is 1. The van der Waals surface area contributed by atoms with Crippen LogP contribution in [0.4, 0.5) is 10.7 Å². The van der Waals surface area contributed by atoms with Crippen molar-refractivity contribution in [3.8, 4) is 5.75 Å². The molecule has 0 amide bonds. The van der Waals surface area contributed by atoms with Gasteiger partial charge in [0.05, 0.1) is 37.2 Å². The molecule has 0 bridgehead atoms. The van der Waals surface area contributed by atoms with Crippen molar-refractivity contribution in [3.63, 3.8) is 0 Å². The number of nitrogens with zero attached hydrogens (tertiary/aromatic N) is 2. The van der Waals surface area contributed by atoms with Crippen LogP contribution in [0.2, 0.25) is 0 Å². The lowest BCUT2D eigenvalue weighted by Crippen LogP contribution is -2.35. The van der Waals surface area contributed by atoms with Crippen molar-refractivity contribution < 1.29 is 9.47 Å². The average Bonchev–Trinajstić information content (AvgIpc) is 3.12. The van der Waals surface area contributed by atoms with Gasteiger partial charge in [-0.1, -0.05) is 12.1 Å². The predicted octanol–water partition coefficient (Wildman–Crippen LogP) is 2.91. The molecule has 25 heavy (non-hydrogen) atoms. The Labute approximate surface area is 156 Å². The van der Waals surface area contributed by atoms with E-state index in [2.05, 4.69) is 32.9 Å². The summed E-state index contributed by atoms with van der Waals surface area (Å²) >= 11 is 6.95. The lowest BCUT2D eigenvalue weighted by molar-refractivity contribution is 0.123. The van der Waals surface area contributed by atoms with Crippen LogP contribution in [0.15, 0.2) is 41.5 Å². The number of ether oxygens (including phenoxy) is 2. The highest BCUT2D eigenvalue weighted by molar-refractivity contribution is 7.80. The van der Waals surface area contributed by atoms with Crippen molar-refractivity contribution in [2.45, 2.75) is 0 Å². The van der Waals surface area contributed by atoms with Crippen molar-refractivity contribution >= 4 is 45.6 Å². The van der Waals surface area contributed by atoms with Crippen LogP contribution in [-0.4, -0.2) is 44.7 Å². The van der Waals surface area contributed by atoms with Gasteiger partial charge in [0.15, 0.2) is 5.11 Å². The lowest BCUT2D eigenvalue weighted by atomic mass is 10.3. The molecule has 0 radical (unpaired) electrons. The Bertz CT molecular complexity index is 742. The van der Waals surface area contributed by atoms with E-state index in [1.165, 1.54) is 5.00 Å². The summed E-state index contributed by atoms with van der Waals surface area (Å²) in [7, 11) is 1.62. The van der Waals surface area contributed by atoms with Crippen molar-refractivity contribution in [2.75, 3.05) is 43.6 Å². The minimum Gasteiger partial charge on any atom is -0.495 e. The zero-order valence-corrected chi connectivity index (χ0v) is 15.5. The fraction of sp³-hybridized carbons (Fsp3) is 0.294. The topological polar surface area (TPSA) is 58.1 Å². The summed E-state index contributed by atoms with van der Waals surface area (Å²) in [6, 6.07) is 11.7. The highest BCUT2D eigenvalue weighted by Gasteiger charge is 2.12. The first kappa shape index (κ1) is 17.7. The van der Waals surface area contributed by atoms with Gasteiger partial charge in [-0.3, -0.25) is 5.43 Å². The van der Waals surface area contributed by atoms with E-state index in [4.69, 9.17) is 21.7 Å². The van der Waals surface area contributed by atoms with Crippen LogP contribution in [0.5, 0.6) is 5.75 Å². The first-order chi connectivity index (χ1) is 12.3. The Hall–Kier alpha value is -2.16. The molecule has 132 valence electrons. The van der Waals surface area contributed by atoms with Crippen molar-refractivity contribution in [2.24, 2.45) is 5.10 Å². The number of hydrazone groups is 1. The highest BCUT2D eigenvalue weighted by Crippen LogP contribution is 2.25. The molecule has 1 aliphatic heterocycles. The summed E-state index contributed by atoms with van der Waals surface area (Å²) in [6.45, 7) is 3.43. The van der Waals surface area contributed by atoms with Crippen LogP contribution in [0.1, 0.15) is 4.88 Å². The Balaban J connectivity index is 1.52. The second-order valence-electron chi connectivity index (χ2n) is 5.30. The summed E-state index contributed by atoms with van der Waals surface area (Å²) in [5.74, 6) is 0.726. The number of benzene rings is 1. The quantitative estimate of drug-likeness (QED) is 0.475. The number of anilines is 2. The molecule has 1 aliphatic rings. The second kappa shape index (κ2) is 8.80. The van der Waals surface area contributed by atoms with E-state index < -0.39 is 0 Å². The Morgan fingerprint density at radius 3 is 2.88 bits per heavy atom. The monoisotopic (exact) mass is 376 g/mol. The minimum atomic E-state index is 0.408. The van der Waals surface area contributed by atoms with E-state index in [0.29, 0.717) is 5.11 Å². The molecule has 0 atom stereocenters. The van der Waals surface area contributed by atoms with E-state index in [9.17, 15) is 0 Å². The van der Waals surface area contributed by atoms with Crippen LogP contribution in [0.3, 0.4) is 0 Å². The minimum absolute atomic E-state index is 0.408. The van der Waals surface area contributed by atoms with Gasteiger partial charge in [0, 0.05) is 18.0 Å². The second-order valence-corrected chi connectivity index (χ2v) is 6.80. The molecular weight excluding hydrogens is 356 g/mol. The molecule has 0 saturated carbocycles. The summed E-state index contributed by atoms with van der Waals surface area (Å²) in [5.41, 5.74) is 3.62. The molecule has 1 aromatic heterocycles. The first-order valence-electron chi connectivity index (χ1n) is 7.92. The Kier molecular flexibility index (Phi) is 6.21. The standard InChI is InChI=1S/C17H20N4O2S2/c1-22-15-5-3-2-4-14(15)19-17(24)20-18-12-13-6-7-16(25-13)21-8-10-23-11-9-21/h2-7,12H,8-11H2,1H3,(H2,19,20,24)/b18-12-. The zero-order chi connectivity index (χ0) is 17.5. The summed E-state index contributed by atoms with van der Waals surface area (Å²) < 4.78 is 10.7. The van der Waals surface area contributed by atoms with Crippen LogP contribution in [0.25, 0.3) is 0 Å². The third kappa shape index (κ3) is 4.91. The number of rotatable bonds is 5. The third-order valence-corrected chi connectivity index (χ3v) is 4.92. The third-order valence-electron chi connectivity index (χ3n) is 3.65. The van der Waals surface area contributed by atoms with Gasteiger partial charge in [-0.2, -0.15) is 5.10 Å². The molecule has 2 N–H and O–H groups in total. The fourth-order valence-electron chi connectivity index (χ4n) is 2.42. The van der Waals surface area contributed by atoms with Crippen molar-refractivity contribution in [3.05, 3.63) is 41.3 Å². The van der Waals surface area contributed by atoms with E-state index in [1.54, 1.807) is 24.7 Å². The number of methoxy groups -OCH3 is 1. The van der Waals surface area contributed by atoms with E-state index in [0.717, 1.165) is 42.6 Å². The molecule has 6 nitrogen and oxygen atoms in total. The summed E-state index contributed by atoms with van der Waals surface area (Å²) in [5, 5.41) is 8.91. The molecule has 0 aliphatic carbocycles. The Morgan fingerprint density at radius 1 is 1.28 bits per heavy atom. The summed E-state index contributed by atoms with van der Waals surface area (Å²) in [4.78, 5) is 3.39. The number of thiophene rings is 1. The predicted molar refractivity (Wildman–Crippen MR) is 107 cm³/mol. The van der Waals surface area contributed by atoms with Gasteiger partial charge in [-0.05, 0) is 36.5 Å². The SMILES string of the molecule is COc1ccccc1NC(=S)N/N=C\c1ccc(N2CCOCC2)s1. The molecule has 0 unspecified atom stereocenters. The van der Waals surface area contributed by atoms with Gasteiger partial charge < -0.3 is 19.7 Å². The molecular formula is C17H20N4O2S2. The number of thiocarbonyl (C=S) groups is 1. The molecule has 8 heteroatoms. The van der Waals surface area contributed by atoms with Crippen LogP contribution < -0.4 is 20.4 Å². The first-order valence-corrected chi connectivity index (χ1v) is 9.14. The average molecular weight is 377 g/mol. The fourth-order valence-corrected chi connectivity index (χ4v) is 3.51. The molecule has 1 aromatic carbocycles. The van der Waals surface area contributed by atoms with Gasteiger partial charge in [0.1, 0.15) is 5.75 Å². The zero-order valence-electron chi connectivity index (χ0n) is 13.9. The smallest absolute Gasteiger partial charge is 0.191 e. The van der Waals surface area contributed by atoms with Crippen LogP contribution in [-0.2, 0) is 4.74 Å². The van der Waals surface area contributed by atoms with Crippen molar-refractivity contribution in [1.82, 2.24) is 5.43 Å². The molecule has 1 fully saturated rings. The molecule has 3 rings (SSSR count). The van der Waals surface area contributed by atoms with Crippen molar-refractivity contribution in [1.29, 1.82) is 0 Å². The van der Waals surface area contributed by atoms with E-state index in [-0.39, 0.29) is 0 Å². The van der Waals surface area contributed by atoms with E-state index >= 15 is 0 Å². The van der Waals surface area contributed by atoms with E-state index in [1.807, 2.05) is 24.3 Å². The number of para-hydroxylation sites is 2. The van der Waals surface area contributed by atoms with Gasteiger partial charge in [-0.25, -0.2) is 0 Å². The summed E-state index contributed by atoms with van der Waals surface area (Å²) in [6.07, 6.45) is 1.77. The number of hydrogen-bond acceptors (Lipinski definition) is 6. The maximum Gasteiger partial charge on any atom is 0.191 e. The molecule has 0 spiro atoms. The van der Waals surface area contributed by atoms with Gasteiger partial charge >= 0.3 is 0 Å². The normalized spacial score (nSPS) is 14.5. The molecule has 1 saturated heterocycles. The van der Waals surface area contributed by atoms with Crippen LogP contribution in [0, 0.1) is 0 Å². The van der Waals surface area contributed by atoms with Gasteiger partial charge in [-0.15, -0.1) is 11.3 Å². The molecule has 2 aromatic rings. The lowest BCUT2D eigenvalue weighted by Gasteiger charge is -2.27. The maximum absolute atomic E-state index is 5.38. The Morgan fingerprint density at radius 2 is 2.08 bits per heavy atom. The largest absolute Gasteiger partial charge is 0.495 e. The number of nitrogens with one attached hydrogen (secondary N) is 2. The van der Waals surface area contributed by atoms with Gasteiger partial charge in [0.2, 0.25) is 0 Å². The van der Waals surface area contributed by atoms with Crippen LogP contribution >= 0.6 is 23.6 Å². The number of hydrogen-bond donors (Lipinski definition) is 2. The molecule has 2 heterocycles. The maximum atomic E-state index is 5.38.